The third-order valence-corrected chi connectivity index (χ3v) is 4.55. The lowest BCUT2D eigenvalue weighted by Crippen LogP contribution is -2.20. The molecule has 108 valence electrons. The van der Waals surface area contributed by atoms with Crippen LogP contribution in [0.2, 0.25) is 10.0 Å². The van der Waals surface area contributed by atoms with Crippen molar-refractivity contribution in [3.63, 3.8) is 0 Å². The van der Waals surface area contributed by atoms with Crippen LogP contribution in [0.1, 0.15) is 17.3 Å². The first-order valence-electron chi connectivity index (χ1n) is 5.96. The number of aromatic nitrogens is 2. The first kappa shape index (κ1) is 15.8. The highest BCUT2D eigenvalue weighted by molar-refractivity contribution is 9.10. The van der Waals surface area contributed by atoms with Gasteiger partial charge < -0.3 is 10.5 Å². The highest BCUT2D eigenvalue weighted by Crippen LogP contribution is 2.34. The van der Waals surface area contributed by atoms with Gasteiger partial charge >= 0.3 is 0 Å². The lowest BCUT2D eigenvalue weighted by Gasteiger charge is -2.17. The van der Waals surface area contributed by atoms with E-state index in [0.29, 0.717) is 23.2 Å². The van der Waals surface area contributed by atoms with Gasteiger partial charge in [-0.25, -0.2) is 0 Å². The molecule has 20 heavy (non-hydrogen) atoms. The third-order valence-electron chi connectivity index (χ3n) is 2.95. The van der Waals surface area contributed by atoms with Crippen molar-refractivity contribution in [1.82, 2.24) is 9.78 Å². The average molecular weight is 379 g/mol. The van der Waals surface area contributed by atoms with Gasteiger partial charge in [0.2, 0.25) is 0 Å². The fraction of sp³-hybridized carbons (Fsp3) is 0.308. The molecule has 2 rings (SSSR count). The largest absolute Gasteiger partial charge is 0.383 e. The van der Waals surface area contributed by atoms with E-state index in [-0.39, 0.29) is 0 Å². The zero-order valence-corrected chi connectivity index (χ0v) is 13.9. The minimum Gasteiger partial charge on any atom is -0.383 e. The smallest absolute Gasteiger partial charge is 0.0837 e. The van der Waals surface area contributed by atoms with Crippen molar-refractivity contribution in [3.05, 3.63) is 50.2 Å². The van der Waals surface area contributed by atoms with E-state index in [9.17, 15) is 0 Å². The van der Waals surface area contributed by atoms with Crippen LogP contribution in [0.3, 0.4) is 0 Å². The standard InChI is InChI=1S/C13H14BrCl2N3O/c1-20-6-5-19-13(10(15)7-18-19)12(17)8-3-2-4-9(14)11(8)16/h2-4,7,12H,5-6,17H2,1H3. The molecule has 0 aliphatic heterocycles. The van der Waals surface area contributed by atoms with E-state index in [1.165, 1.54) is 0 Å². The minimum atomic E-state index is -0.452. The van der Waals surface area contributed by atoms with Crippen LogP contribution in [0.25, 0.3) is 0 Å². The average Bonchev–Trinajstić information content (AvgIpc) is 2.80. The minimum absolute atomic E-state index is 0.452. The van der Waals surface area contributed by atoms with Crippen molar-refractivity contribution in [3.8, 4) is 0 Å². The summed E-state index contributed by atoms with van der Waals surface area (Å²) in [5, 5.41) is 5.32. The van der Waals surface area contributed by atoms with Crippen LogP contribution in [0.5, 0.6) is 0 Å². The lowest BCUT2D eigenvalue weighted by atomic mass is 10.0. The molecule has 0 bridgehead atoms. The number of halogens is 3. The molecule has 2 aromatic rings. The highest BCUT2D eigenvalue weighted by Gasteiger charge is 2.21. The molecule has 0 saturated carbocycles. The van der Waals surface area contributed by atoms with Crippen LogP contribution >= 0.6 is 39.1 Å². The number of hydrogen-bond acceptors (Lipinski definition) is 3. The van der Waals surface area contributed by atoms with Gasteiger partial charge in [-0.1, -0.05) is 35.3 Å². The Morgan fingerprint density at radius 1 is 1.45 bits per heavy atom. The molecule has 7 heteroatoms. The first-order valence-corrected chi connectivity index (χ1v) is 7.50. The van der Waals surface area contributed by atoms with Gasteiger partial charge in [0, 0.05) is 11.6 Å². The maximum absolute atomic E-state index is 6.31. The Labute approximate surface area is 135 Å². The fourth-order valence-electron chi connectivity index (χ4n) is 1.95. The topological polar surface area (TPSA) is 53.1 Å². The normalized spacial score (nSPS) is 12.7. The molecular weight excluding hydrogens is 365 g/mol. The Hall–Kier alpha value is -0.590. The van der Waals surface area contributed by atoms with E-state index in [1.54, 1.807) is 18.0 Å². The predicted octanol–water partition coefficient (Wildman–Crippen LogP) is 3.65. The summed E-state index contributed by atoms with van der Waals surface area (Å²) in [6, 6.07) is 5.17. The van der Waals surface area contributed by atoms with E-state index in [1.807, 2.05) is 18.2 Å². The van der Waals surface area contributed by atoms with Crippen LogP contribution < -0.4 is 5.73 Å². The van der Waals surface area contributed by atoms with Crippen molar-refractivity contribution in [2.45, 2.75) is 12.6 Å². The molecule has 1 aromatic carbocycles. The summed E-state index contributed by atoms with van der Waals surface area (Å²) in [5.74, 6) is 0. The molecule has 1 aromatic heterocycles. The molecule has 0 saturated heterocycles. The zero-order valence-electron chi connectivity index (χ0n) is 10.8. The van der Waals surface area contributed by atoms with Gasteiger partial charge in [-0.2, -0.15) is 5.10 Å². The van der Waals surface area contributed by atoms with Crippen molar-refractivity contribution >= 4 is 39.1 Å². The molecule has 1 heterocycles. The summed E-state index contributed by atoms with van der Waals surface area (Å²) in [6.45, 7) is 1.11. The molecule has 1 unspecified atom stereocenters. The van der Waals surface area contributed by atoms with Gasteiger partial charge in [-0.3, -0.25) is 4.68 Å². The van der Waals surface area contributed by atoms with E-state index in [4.69, 9.17) is 33.7 Å². The molecule has 0 aliphatic carbocycles. The van der Waals surface area contributed by atoms with Gasteiger partial charge in [0.05, 0.1) is 41.1 Å². The number of benzene rings is 1. The number of nitrogens with two attached hydrogens (primary N) is 1. The molecule has 4 nitrogen and oxygen atoms in total. The van der Waals surface area contributed by atoms with Gasteiger partial charge in [-0.05, 0) is 27.6 Å². The van der Waals surface area contributed by atoms with Gasteiger partial charge in [0.1, 0.15) is 0 Å². The summed E-state index contributed by atoms with van der Waals surface area (Å²) < 4.78 is 7.60. The van der Waals surface area contributed by atoms with Gasteiger partial charge in [0.15, 0.2) is 0 Å². The maximum Gasteiger partial charge on any atom is 0.0837 e. The molecule has 0 spiro atoms. The van der Waals surface area contributed by atoms with Crippen molar-refractivity contribution < 1.29 is 4.74 Å². The van der Waals surface area contributed by atoms with E-state index < -0.39 is 6.04 Å². The van der Waals surface area contributed by atoms with Gasteiger partial charge in [-0.15, -0.1) is 0 Å². The molecule has 2 N–H and O–H groups in total. The summed E-state index contributed by atoms with van der Waals surface area (Å²) in [5.41, 5.74) is 7.83. The molecule has 1 atom stereocenters. The van der Waals surface area contributed by atoms with Crippen molar-refractivity contribution in [2.24, 2.45) is 5.73 Å². The molecule has 0 amide bonds. The fourth-order valence-corrected chi connectivity index (χ4v) is 2.83. The van der Waals surface area contributed by atoms with Crippen LogP contribution in [-0.4, -0.2) is 23.5 Å². The Balaban J connectivity index is 2.40. The summed E-state index contributed by atoms with van der Waals surface area (Å²) in [6.07, 6.45) is 1.58. The maximum atomic E-state index is 6.31. The molecule has 0 radical (unpaired) electrons. The summed E-state index contributed by atoms with van der Waals surface area (Å²) >= 11 is 15.9. The summed E-state index contributed by atoms with van der Waals surface area (Å²) in [7, 11) is 1.63. The van der Waals surface area contributed by atoms with E-state index in [0.717, 1.165) is 15.7 Å². The van der Waals surface area contributed by atoms with Crippen molar-refractivity contribution in [2.75, 3.05) is 13.7 Å². The van der Waals surface area contributed by atoms with Crippen molar-refractivity contribution in [1.29, 1.82) is 0 Å². The SMILES string of the molecule is COCCn1ncc(Cl)c1C(N)c1cccc(Br)c1Cl. The number of ether oxygens (including phenoxy) is 1. The van der Waals surface area contributed by atoms with Gasteiger partial charge in [0.25, 0.3) is 0 Å². The Kier molecular flexibility index (Phi) is 5.46. The van der Waals surface area contributed by atoms with E-state index >= 15 is 0 Å². The van der Waals surface area contributed by atoms with Crippen LogP contribution in [-0.2, 0) is 11.3 Å². The lowest BCUT2D eigenvalue weighted by molar-refractivity contribution is 0.182. The predicted molar refractivity (Wildman–Crippen MR) is 84.3 cm³/mol. The summed E-state index contributed by atoms with van der Waals surface area (Å²) in [4.78, 5) is 0. The monoisotopic (exact) mass is 377 g/mol. The molecule has 0 fully saturated rings. The Morgan fingerprint density at radius 2 is 2.20 bits per heavy atom. The number of hydrogen-bond donors (Lipinski definition) is 1. The second-order valence-electron chi connectivity index (χ2n) is 4.21. The highest BCUT2D eigenvalue weighted by atomic mass is 79.9. The number of methoxy groups -OCH3 is 1. The number of rotatable bonds is 5. The number of nitrogens with zero attached hydrogens (tertiary/aromatic N) is 2. The molecular formula is C13H14BrCl2N3O. The van der Waals surface area contributed by atoms with Crippen LogP contribution in [0.15, 0.2) is 28.9 Å². The quantitative estimate of drug-likeness (QED) is 0.863. The second kappa shape index (κ2) is 6.91. The first-order chi connectivity index (χ1) is 9.56. The van der Waals surface area contributed by atoms with Crippen LogP contribution in [0, 0.1) is 0 Å². The molecule has 0 aliphatic rings. The zero-order chi connectivity index (χ0) is 14.7. The Morgan fingerprint density at radius 3 is 2.90 bits per heavy atom. The van der Waals surface area contributed by atoms with Crippen LogP contribution in [0.4, 0.5) is 0 Å². The second-order valence-corrected chi connectivity index (χ2v) is 5.85. The Bertz CT molecular complexity index is 603. The van der Waals surface area contributed by atoms with E-state index in [2.05, 4.69) is 21.0 Å². The third kappa shape index (κ3) is 3.18.